The molecule has 4 nitrogen and oxygen atoms in total. The molecule has 0 aliphatic carbocycles. The summed E-state index contributed by atoms with van der Waals surface area (Å²) >= 11 is 1.61. The van der Waals surface area contributed by atoms with E-state index in [9.17, 15) is 0 Å². The molecule has 80 valence electrons. The highest BCUT2D eigenvalue weighted by atomic mass is 32.1. The van der Waals surface area contributed by atoms with Gasteiger partial charge in [0, 0.05) is 35.9 Å². The monoisotopic (exact) mass is 230 g/mol. The van der Waals surface area contributed by atoms with Gasteiger partial charge in [-0.3, -0.25) is 0 Å². The molecule has 3 heterocycles. The molecule has 0 aliphatic rings. The lowest BCUT2D eigenvalue weighted by Gasteiger charge is -1.98. The molecule has 5 heteroatoms. The summed E-state index contributed by atoms with van der Waals surface area (Å²) in [6, 6.07) is 4.04. The summed E-state index contributed by atoms with van der Waals surface area (Å²) in [5.41, 5.74) is 2.97. The average molecular weight is 230 g/mol. The second kappa shape index (κ2) is 3.61. The number of aromatic amines is 1. The summed E-state index contributed by atoms with van der Waals surface area (Å²) in [6.45, 7) is 0. The van der Waals surface area contributed by atoms with Crippen molar-refractivity contribution in [1.82, 2.24) is 15.0 Å². The van der Waals surface area contributed by atoms with E-state index >= 15 is 0 Å². The summed E-state index contributed by atoms with van der Waals surface area (Å²) in [5, 5.41) is 7.20. The van der Waals surface area contributed by atoms with Crippen molar-refractivity contribution in [1.29, 1.82) is 0 Å². The second-order valence-corrected chi connectivity index (χ2v) is 4.29. The van der Waals surface area contributed by atoms with Crippen molar-refractivity contribution in [3.05, 3.63) is 29.9 Å². The number of rotatable bonds is 2. The molecule has 0 aromatic carbocycles. The molecular weight excluding hydrogens is 220 g/mol. The van der Waals surface area contributed by atoms with Crippen LogP contribution in [0.25, 0.3) is 21.7 Å². The summed E-state index contributed by atoms with van der Waals surface area (Å²) < 4.78 is 0. The minimum atomic E-state index is 0.886. The van der Waals surface area contributed by atoms with Gasteiger partial charge in [0.1, 0.15) is 10.7 Å². The van der Waals surface area contributed by atoms with Crippen LogP contribution in [0.3, 0.4) is 0 Å². The largest absolute Gasteiger partial charge is 0.387 e. The number of H-pyrrole nitrogens is 1. The van der Waals surface area contributed by atoms with Crippen molar-refractivity contribution in [2.24, 2.45) is 0 Å². The number of hydrogen-bond donors (Lipinski definition) is 2. The maximum atomic E-state index is 4.30. The van der Waals surface area contributed by atoms with Crippen LogP contribution >= 0.6 is 11.3 Å². The van der Waals surface area contributed by atoms with Gasteiger partial charge in [0.2, 0.25) is 0 Å². The van der Waals surface area contributed by atoms with Crippen LogP contribution in [-0.2, 0) is 0 Å². The van der Waals surface area contributed by atoms with Crippen LogP contribution < -0.4 is 5.32 Å². The number of pyridine rings is 1. The molecule has 0 bridgehead atoms. The number of nitrogens with zero attached hydrogens (tertiary/aromatic N) is 2. The van der Waals surface area contributed by atoms with E-state index in [1.807, 2.05) is 18.5 Å². The lowest BCUT2D eigenvalue weighted by Crippen LogP contribution is -1.88. The first kappa shape index (κ1) is 9.35. The van der Waals surface area contributed by atoms with Crippen LogP contribution in [0.4, 0.5) is 5.69 Å². The van der Waals surface area contributed by atoms with E-state index in [-0.39, 0.29) is 0 Å². The topological polar surface area (TPSA) is 53.6 Å². The van der Waals surface area contributed by atoms with Crippen molar-refractivity contribution in [3.8, 4) is 10.7 Å². The van der Waals surface area contributed by atoms with E-state index in [2.05, 4.69) is 26.3 Å². The van der Waals surface area contributed by atoms with E-state index in [0.717, 1.165) is 27.4 Å². The first-order chi connectivity index (χ1) is 7.88. The Kier molecular flexibility index (Phi) is 2.11. The van der Waals surface area contributed by atoms with Gasteiger partial charge in [-0.1, -0.05) is 0 Å². The molecule has 2 N–H and O–H groups in total. The fraction of sp³-hybridized carbons (Fsp3) is 0.0909. The third-order valence-corrected chi connectivity index (χ3v) is 3.27. The first-order valence-electron chi connectivity index (χ1n) is 4.94. The van der Waals surface area contributed by atoms with Crippen molar-refractivity contribution >= 4 is 28.1 Å². The van der Waals surface area contributed by atoms with Gasteiger partial charge in [-0.05, 0) is 12.1 Å². The fourth-order valence-electron chi connectivity index (χ4n) is 1.72. The van der Waals surface area contributed by atoms with Crippen LogP contribution in [-0.4, -0.2) is 22.0 Å². The highest BCUT2D eigenvalue weighted by Crippen LogP contribution is 2.28. The van der Waals surface area contributed by atoms with Crippen LogP contribution in [0.5, 0.6) is 0 Å². The van der Waals surface area contributed by atoms with Crippen LogP contribution in [0.1, 0.15) is 0 Å². The lowest BCUT2D eigenvalue weighted by molar-refractivity contribution is 1.30. The Labute approximate surface area is 96.4 Å². The summed E-state index contributed by atoms with van der Waals surface area (Å²) in [4.78, 5) is 11.8. The van der Waals surface area contributed by atoms with Crippen molar-refractivity contribution < 1.29 is 0 Å². The predicted octanol–water partition coefficient (Wildman–Crippen LogP) is 2.73. The quantitative estimate of drug-likeness (QED) is 0.711. The zero-order valence-corrected chi connectivity index (χ0v) is 9.51. The van der Waals surface area contributed by atoms with Crippen LogP contribution in [0.2, 0.25) is 0 Å². The summed E-state index contributed by atoms with van der Waals surface area (Å²) in [6.07, 6.45) is 3.59. The number of nitrogens with one attached hydrogen (secondary N) is 2. The van der Waals surface area contributed by atoms with Gasteiger partial charge in [-0.2, -0.15) is 0 Å². The molecule has 0 aliphatic heterocycles. The van der Waals surface area contributed by atoms with E-state index in [4.69, 9.17) is 0 Å². The van der Waals surface area contributed by atoms with Crippen molar-refractivity contribution in [2.75, 3.05) is 12.4 Å². The van der Waals surface area contributed by atoms with Crippen LogP contribution in [0.15, 0.2) is 29.9 Å². The van der Waals surface area contributed by atoms with Crippen LogP contribution in [0, 0.1) is 0 Å². The Morgan fingerprint density at radius 1 is 1.31 bits per heavy atom. The first-order valence-corrected chi connectivity index (χ1v) is 5.82. The number of fused-ring (bicyclic) bond motifs is 1. The molecule has 0 amide bonds. The molecule has 16 heavy (non-hydrogen) atoms. The Hall–Kier alpha value is -1.88. The summed E-state index contributed by atoms with van der Waals surface area (Å²) in [5.74, 6) is 0. The lowest BCUT2D eigenvalue weighted by atomic mass is 10.3. The fourth-order valence-corrected chi connectivity index (χ4v) is 2.33. The third-order valence-electron chi connectivity index (χ3n) is 2.46. The third kappa shape index (κ3) is 1.37. The zero-order chi connectivity index (χ0) is 11.0. The van der Waals surface area contributed by atoms with E-state index in [0.29, 0.717) is 0 Å². The molecule has 0 saturated carbocycles. The van der Waals surface area contributed by atoms with Crippen molar-refractivity contribution in [3.63, 3.8) is 0 Å². The molecule has 0 fully saturated rings. The van der Waals surface area contributed by atoms with E-state index < -0.39 is 0 Å². The molecule has 0 unspecified atom stereocenters. The highest BCUT2D eigenvalue weighted by molar-refractivity contribution is 7.13. The smallest absolute Gasteiger partial charge is 0.139 e. The van der Waals surface area contributed by atoms with E-state index in [1.54, 1.807) is 23.7 Å². The van der Waals surface area contributed by atoms with Crippen molar-refractivity contribution in [2.45, 2.75) is 0 Å². The predicted molar refractivity (Wildman–Crippen MR) is 66.7 cm³/mol. The maximum Gasteiger partial charge on any atom is 0.139 e. The Bertz CT molecular complexity index is 612. The average Bonchev–Trinajstić information content (AvgIpc) is 2.96. The second-order valence-electron chi connectivity index (χ2n) is 3.39. The minimum Gasteiger partial charge on any atom is -0.387 e. The van der Waals surface area contributed by atoms with Gasteiger partial charge in [0.25, 0.3) is 0 Å². The normalized spacial score (nSPS) is 10.8. The Morgan fingerprint density at radius 3 is 3.00 bits per heavy atom. The van der Waals surface area contributed by atoms with Gasteiger partial charge in [-0.15, -0.1) is 11.3 Å². The highest BCUT2D eigenvalue weighted by Gasteiger charge is 2.08. The Balaban J connectivity index is 2.23. The molecule has 3 aromatic heterocycles. The number of aromatic nitrogens is 3. The number of anilines is 1. The molecule has 0 atom stereocenters. The van der Waals surface area contributed by atoms with Gasteiger partial charge >= 0.3 is 0 Å². The van der Waals surface area contributed by atoms with Gasteiger partial charge < -0.3 is 10.3 Å². The molecule has 3 aromatic rings. The Morgan fingerprint density at radius 2 is 2.25 bits per heavy atom. The zero-order valence-electron chi connectivity index (χ0n) is 8.69. The van der Waals surface area contributed by atoms with Gasteiger partial charge in [0.15, 0.2) is 0 Å². The molecular formula is C11H10N4S. The molecule has 0 radical (unpaired) electrons. The minimum absolute atomic E-state index is 0.886. The van der Waals surface area contributed by atoms with E-state index in [1.165, 1.54) is 0 Å². The number of hydrogen-bond acceptors (Lipinski definition) is 4. The maximum absolute atomic E-state index is 4.30. The standard InChI is InChI=1S/C11H10N4S/c1-12-8-2-3-13-10-7(8)6-9(15-10)11-14-4-5-16-11/h2-6H,1H3,(H2,12,13,15). The van der Waals surface area contributed by atoms with Gasteiger partial charge in [-0.25, -0.2) is 9.97 Å². The van der Waals surface area contributed by atoms with Gasteiger partial charge in [0.05, 0.1) is 5.69 Å². The SMILES string of the molecule is CNc1ccnc2[nH]c(-c3nccs3)cc12. The molecule has 3 rings (SSSR count). The number of thiazole rings is 1. The summed E-state index contributed by atoms with van der Waals surface area (Å²) in [7, 11) is 1.91. The molecule has 0 spiro atoms. The molecule has 0 saturated heterocycles.